The maximum absolute atomic E-state index is 12.3. The molecule has 0 spiro atoms. The number of aryl methyl sites for hydroxylation is 1. The average molecular weight is 343 g/mol. The second kappa shape index (κ2) is 9.67. The Balaban J connectivity index is 2.00. The molecule has 0 fully saturated rings. The summed E-state index contributed by atoms with van der Waals surface area (Å²) in [4.78, 5) is 12.3. The number of carbonyl (C=O) groups excluding carboxylic acids is 1. The molecule has 5 heteroatoms. The molecule has 0 bridgehead atoms. The minimum Gasteiger partial charge on any atom is -0.490 e. The molecule has 134 valence electrons. The van der Waals surface area contributed by atoms with Crippen LogP contribution in [-0.4, -0.2) is 19.1 Å². The van der Waals surface area contributed by atoms with Crippen molar-refractivity contribution in [2.24, 2.45) is 0 Å². The van der Waals surface area contributed by atoms with Gasteiger partial charge in [-0.1, -0.05) is 13.3 Å². The molecule has 2 rings (SSSR count). The lowest BCUT2D eigenvalue weighted by Crippen LogP contribution is -2.39. The SMILES string of the molecule is CCCc1cc[n+](CC(=O)Nc2ccc(OCC)c(OCC)c2)cc1. The number of aromatic nitrogens is 1. The third kappa shape index (κ3) is 5.78. The van der Waals surface area contributed by atoms with Crippen molar-refractivity contribution in [1.82, 2.24) is 0 Å². The number of hydrogen-bond acceptors (Lipinski definition) is 3. The molecular formula is C20H27N2O3+. The topological polar surface area (TPSA) is 51.4 Å². The number of carbonyl (C=O) groups is 1. The lowest BCUT2D eigenvalue weighted by Gasteiger charge is -2.12. The fourth-order valence-electron chi connectivity index (χ4n) is 2.54. The van der Waals surface area contributed by atoms with Crippen LogP contribution >= 0.6 is 0 Å². The van der Waals surface area contributed by atoms with Gasteiger partial charge < -0.3 is 14.8 Å². The second-order valence-corrected chi connectivity index (χ2v) is 5.70. The summed E-state index contributed by atoms with van der Waals surface area (Å²) in [6.07, 6.45) is 6.05. The average Bonchev–Trinajstić information content (AvgIpc) is 2.59. The molecule has 0 aliphatic carbocycles. The Kier molecular flexibility index (Phi) is 7.26. The van der Waals surface area contributed by atoms with Crippen molar-refractivity contribution in [3.8, 4) is 11.5 Å². The first-order chi connectivity index (χ1) is 12.2. The Morgan fingerprint density at radius 3 is 2.32 bits per heavy atom. The van der Waals surface area contributed by atoms with Crippen LogP contribution in [0.15, 0.2) is 42.7 Å². The molecule has 5 nitrogen and oxygen atoms in total. The molecule has 1 aromatic heterocycles. The van der Waals surface area contributed by atoms with Crippen LogP contribution in [0.2, 0.25) is 0 Å². The number of pyridine rings is 1. The maximum atomic E-state index is 12.3. The van der Waals surface area contributed by atoms with E-state index in [-0.39, 0.29) is 12.5 Å². The molecular weight excluding hydrogens is 316 g/mol. The standard InChI is InChI=1S/C20H26N2O3/c1-4-7-16-10-12-22(13-11-16)15-20(23)21-17-8-9-18(24-5-2)19(14-17)25-6-3/h8-14H,4-7,15H2,1-3H3/p+1. The van der Waals surface area contributed by atoms with E-state index >= 15 is 0 Å². The summed E-state index contributed by atoms with van der Waals surface area (Å²) in [6.45, 7) is 7.37. The van der Waals surface area contributed by atoms with E-state index in [1.54, 1.807) is 6.07 Å². The van der Waals surface area contributed by atoms with Gasteiger partial charge in [-0.3, -0.25) is 4.79 Å². The smallest absolute Gasteiger partial charge is 0.290 e. The van der Waals surface area contributed by atoms with Crippen LogP contribution in [0, 0.1) is 0 Å². The minimum absolute atomic E-state index is 0.0835. The minimum atomic E-state index is -0.0835. The molecule has 0 atom stereocenters. The molecule has 2 aromatic rings. The molecule has 0 saturated heterocycles. The van der Waals surface area contributed by atoms with E-state index in [1.807, 2.05) is 42.9 Å². The molecule has 25 heavy (non-hydrogen) atoms. The van der Waals surface area contributed by atoms with E-state index < -0.39 is 0 Å². The van der Waals surface area contributed by atoms with Crippen LogP contribution in [0.1, 0.15) is 32.8 Å². The molecule has 1 heterocycles. The van der Waals surface area contributed by atoms with Gasteiger partial charge in [-0.2, -0.15) is 4.57 Å². The predicted octanol–water partition coefficient (Wildman–Crippen LogP) is 3.36. The van der Waals surface area contributed by atoms with E-state index in [4.69, 9.17) is 9.47 Å². The maximum Gasteiger partial charge on any atom is 0.290 e. The summed E-state index contributed by atoms with van der Waals surface area (Å²) < 4.78 is 13.0. The van der Waals surface area contributed by atoms with E-state index in [1.165, 1.54) is 5.56 Å². The summed E-state index contributed by atoms with van der Waals surface area (Å²) in [5.41, 5.74) is 1.98. The van der Waals surface area contributed by atoms with E-state index in [2.05, 4.69) is 24.4 Å². The number of rotatable bonds is 9. The van der Waals surface area contributed by atoms with Gasteiger partial charge in [0.1, 0.15) is 0 Å². The Hall–Kier alpha value is -2.56. The fraction of sp³-hybridized carbons (Fsp3) is 0.400. The fourth-order valence-corrected chi connectivity index (χ4v) is 2.54. The van der Waals surface area contributed by atoms with Crippen molar-refractivity contribution in [1.29, 1.82) is 0 Å². The first kappa shape index (κ1) is 18.8. The van der Waals surface area contributed by atoms with Crippen LogP contribution < -0.4 is 19.4 Å². The van der Waals surface area contributed by atoms with Crippen molar-refractivity contribution in [3.05, 3.63) is 48.3 Å². The van der Waals surface area contributed by atoms with Crippen molar-refractivity contribution in [2.45, 2.75) is 40.2 Å². The number of ether oxygens (including phenoxy) is 2. The normalized spacial score (nSPS) is 10.4. The quantitative estimate of drug-likeness (QED) is 0.710. The molecule has 0 aliphatic rings. The number of amides is 1. The van der Waals surface area contributed by atoms with Gasteiger partial charge in [0.2, 0.25) is 6.54 Å². The van der Waals surface area contributed by atoms with Crippen LogP contribution in [0.3, 0.4) is 0 Å². The van der Waals surface area contributed by atoms with Crippen molar-refractivity contribution in [2.75, 3.05) is 18.5 Å². The van der Waals surface area contributed by atoms with Crippen LogP contribution in [0.5, 0.6) is 11.5 Å². The number of nitrogens with one attached hydrogen (secondary N) is 1. The highest BCUT2D eigenvalue weighted by molar-refractivity contribution is 5.90. The van der Waals surface area contributed by atoms with Crippen molar-refractivity contribution < 1.29 is 18.8 Å². The van der Waals surface area contributed by atoms with Crippen LogP contribution in [0.4, 0.5) is 5.69 Å². The van der Waals surface area contributed by atoms with Crippen LogP contribution in [0.25, 0.3) is 0 Å². The third-order valence-corrected chi connectivity index (χ3v) is 3.65. The molecule has 1 N–H and O–H groups in total. The number of anilines is 1. The van der Waals surface area contributed by atoms with Gasteiger partial charge in [0.05, 0.1) is 13.2 Å². The van der Waals surface area contributed by atoms with Gasteiger partial charge in [-0.05, 0) is 38.0 Å². The highest BCUT2D eigenvalue weighted by Crippen LogP contribution is 2.30. The summed E-state index contributed by atoms with van der Waals surface area (Å²) in [7, 11) is 0. The van der Waals surface area contributed by atoms with Gasteiger partial charge in [-0.15, -0.1) is 0 Å². The monoisotopic (exact) mass is 343 g/mol. The number of hydrogen-bond donors (Lipinski definition) is 1. The summed E-state index contributed by atoms with van der Waals surface area (Å²) in [6, 6.07) is 9.54. The highest BCUT2D eigenvalue weighted by atomic mass is 16.5. The predicted molar refractivity (Wildman–Crippen MR) is 98.0 cm³/mol. The first-order valence-electron chi connectivity index (χ1n) is 8.83. The Bertz CT molecular complexity index is 684. The third-order valence-electron chi connectivity index (χ3n) is 3.65. The van der Waals surface area contributed by atoms with E-state index in [0.29, 0.717) is 30.4 Å². The van der Waals surface area contributed by atoms with E-state index in [0.717, 1.165) is 12.8 Å². The van der Waals surface area contributed by atoms with Gasteiger partial charge >= 0.3 is 0 Å². The van der Waals surface area contributed by atoms with Gasteiger partial charge in [-0.25, -0.2) is 0 Å². The van der Waals surface area contributed by atoms with Gasteiger partial charge in [0.15, 0.2) is 23.9 Å². The summed E-state index contributed by atoms with van der Waals surface area (Å²) in [5.74, 6) is 1.24. The number of benzene rings is 1. The Labute approximate surface area is 149 Å². The zero-order valence-electron chi connectivity index (χ0n) is 15.2. The lowest BCUT2D eigenvalue weighted by molar-refractivity contribution is -0.684. The summed E-state index contributed by atoms with van der Waals surface area (Å²) >= 11 is 0. The molecule has 0 radical (unpaired) electrons. The van der Waals surface area contributed by atoms with Crippen molar-refractivity contribution >= 4 is 11.6 Å². The van der Waals surface area contributed by atoms with Gasteiger partial charge in [0, 0.05) is 23.9 Å². The first-order valence-corrected chi connectivity index (χ1v) is 8.83. The second-order valence-electron chi connectivity index (χ2n) is 5.70. The zero-order valence-corrected chi connectivity index (χ0v) is 15.2. The molecule has 0 unspecified atom stereocenters. The molecule has 1 aromatic carbocycles. The molecule has 0 saturated carbocycles. The van der Waals surface area contributed by atoms with Crippen LogP contribution in [-0.2, 0) is 17.8 Å². The molecule has 0 aliphatic heterocycles. The highest BCUT2D eigenvalue weighted by Gasteiger charge is 2.12. The van der Waals surface area contributed by atoms with E-state index in [9.17, 15) is 4.79 Å². The Morgan fingerprint density at radius 2 is 1.68 bits per heavy atom. The van der Waals surface area contributed by atoms with Crippen molar-refractivity contribution in [3.63, 3.8) is 0 Å². The lowest BCUT2D eigenvalue weighted by atomic mass is 10.2. The largest absolute Gasteiger partial charge is 0.490 e. The number of nitrogens with zero attached hydrogens (tertiary/aromatic N) is 1. The van der Waals surface area contributed by atoms with Gasteiger partial charge in [0.25, 0.3) is 5.91 Å². The molecule has 1 amide bonds. The summed E-state index contributed by atoms with van der Waals surface area (Å²) in [5, 5.41) is 2.90. The Morgan fingerprint density at radius 1 is 1.00 bits per heavy atom. The zero-order chi connectivity index (χ0) is 18.1.